The second-order valence-corrected chi connectivity index (χ2v) is 6.97. The van der Waals surface area contributed by atoms with Gasteiger partial charge in [0.1, 0.15) is 0 Å². The molecule has 1 radical (unpaired) electrons. The summed E-state index contributed by atoms with van der Waals surface area (Å²) in [4.78, 5) is 11.6. The van der Waals surface area contributed by atoms with Crippen LogP contribution in [0, 0.1) is 0 Å². The molecule has 1 aliphatic heterocycles. The van der Waals surface area contributed by atoms with Crippen LogP contribution in [0.3, 0.4) is 0 Å². The molecule has 0 aromatic heterocycles. The number of nitrogens with zero attached hydrogens (tertiary/aromatic N) is 1. The summed E-state index contributed by atoms with van der Waals surface area (Å²) in [6, 6.07) is 0. The van der Waals surface area contributed by atoms with Gasteiger partial charge in [0, 0.05) is 19.4 Å². The first-order valence-electron chi connectivity index (χ1n) is 10.5. The second kappa shape index (κ2) is 16.4. The standard InChI is InChI=1S/C22H38NO2/c1-2-3-4-5-6-7-8-9-10-11-12-13-14-15-16-19-22(24)25-21-18-17-20-23-21/h6-7,9-10,21H,2-5,8,11-20H2,1H3/b7-6-,10-9-. The van der Waals surface area contributed by atoms with E-state index >= 15 is 0 Å². The van der Waals surface area contributed by atoms with Crippen LogP contribution >= 0.6 is 0 Å². The SMILES string of the molecule is CCCCC/C=C\C/C=C\CCCCCCCC(=O)OC1CCC[N]1. The maximum Gasteiger partial charge on any atom is 0.307 e. The van der Waals surface area contributed by atoms with Crippen LogP contribution < -0.4 is 5.32 Å². The molecule has 143 valence electrons. The molecule has 0 aliphatic carbocycles. The molecule has 1 rings (SSSR count). The zero-order valence-electron chi connectivity index (χ0n) is 16.3. The average molecular weight is 349 g/mol. The van der Waals surface area contributed by atoms with Gasteiger partial charge in [-0.3, -0.25) is 4.79 Å². The van der Waals surface area contributed by atoms with E-state index in [1.54, 1.807) is 0 Å². The summed E-state index contributed by atoms with van der Waals surface area (Å²) in [5, 5.41) is 4.24. The Morgan fingerprint density at radius 3 is 2.32 bits per heavy atom. The van der Waals surface area contributed by atoms with Gasteiger partial charge in [0.05, 0.1) is 0 Å². The zero-order valence-corrected chi connectivity index (χ0v) is 16.3. The molecule has 3 heteroatoms. The number of allylic oxidation sites excluding steroid dienone is 4. The second-order valence-electron chi connectivity index (χ2n) is 6.97. The Balaban J connectivity index is 1.80. The van der Waals surface area contributed by atoms with E-state index in [2.05, 4.69) is 36.5 Å². The first kappa shape index (κ1) is 22.0. The summed E-state index contributed by atoms with van der Waals surface area (Å²) in [7, 11) is 0. The molecule has 0 aromatic carbocycles. The molecule has 1 unspecified atom stereocenters. The molecule has 3 nitrogen and oxygen atoms in total. The van der Waals surface area contributed by atoms with Crippen LogP contribution in [-0.2, 0) is 9.53 Å². The number of ether oxygens (including phenoxy) is 1. The van der Waals surface area contributed by atoms with Crippen LogP contribution in [0.4, 0.5) is 0 Å². The molecule has 1 heterocycles. The van der Waals surface area contributed by atoms with Gasteiger partial charge in [-0.05, 0) is 44.9 Å². The lowest BCUT2D eigenvalue weighted by molar-refractivity contribution is -0.150. The first-order valence-corrected chi connectivity index (χ1v) is 10.5. The lowest BCUT2D eigenvalue weighted by atomic mass is 10.1. The van der Waals surface area contributed by atoms with Crippen LogP contribution in [0.5, 0.6) is 0 Å². The summed E-state index contributed by atoms with van der Waals surface area (Å²) < 4.78 is 5.31. The van der Waals surface area contributed by atoms with Crippen molar-refractivity contribution >= 4 is 5.97 Å². The molecule has 1 atom stereocenters. The molecule has 1 aliphatic rings. The maximum absolute atomic E-state index is 11.6. The Hall–Kier alpha value is -1.09. The van der Waals surface area contributed by atoms with Gasteiger partial charge in [-0.15, -0.1) is 0 Å². The Labute approximate surface area is 155 Å². The maximum atomic E-state index is 11.6. The monoisotopic (exact) mass is 348 g/mol. The molecule has 1 fully saturated rings. The van der Waals surface area contributed by atoms with Crippen molar-refractivity contribution in [1.82, 2.24) is 5.32 Å². The van der Waals surface area contributed by atoms with E-state index in [1.165, 1.54) is 51.4 Å². The molecule has 0 saturated carbocycles. The fourth-order valence-corrected chi connectivity index (χ4v) is 2.98. The van der Waals surface area contributed by atoms with Gasteiger partial charge in [0.25, 0.3) is 0 Å². The van der Waals surface area contributed by atoms with Gasteiger partial charge >= 0.3 is 5.97 Å². The van der Waals surface area contributed by atoms with Crippen molar-refractivity contribution in [2.45, 2.75) is 103 Å². The van der Waals surface area contributed by atoms with E-state index in [0.717, 1.165) is 38.6 Å². The van der Waals surface area contributed by atoms with Gasteiger partial charge < -0.3 is 4.74 Å². The van der Waals surface area contributed by atoms with Crippen molar-refractivity contribution in [3.63, 3.8) is 0 Å². The van der Waals surface area contributed by atoms with E-state index in [-0.39, 0.29) is 12.2 Å². The lowest BCUT2D eigenvalue weighted by Gasteiger charge is -2.10. The van der Waals surface area contributed by atoms with E-state index in [0.29, 0.717) is 6.42 Å². The zero-order chi connectivity index (χ0) is 18.0. The number of carbonyl (C=O) groups excluding carboxylic acids is 1. The van der Waals surface area contributed by atoms with Gasteiger partial charge in [-0.1, -0.05) is 63.3 Å². The minimum atomic E-state index is -0.148. The Morgan fingerprint density at radius 2 is 1.64 bits per heavy atom. The molecule has 0 aromatic rings. The van der Waals surface area contributed by atoms with E-state index in [4.69, 9.17) is 4.74 Å². The van der Waals surface area contributed by atoms with Gasteiger partial charge in [-0.2, -0.15) is 0 Å². The van der Waals surface area contributed by atoms with Crippen molar-refractivity contribution in [3.8, 4) is 0 Å². The van der Waals surface area contributed by atoms with Crippen molar-refractivity contribution in [1.29, 1.82) is 0 Å². The number of rotatable bonds is 15. The van der Waals surface area contributed by atoms with E-state index < -0.39 is 0 Å². The van der Waals surface area contributed by atoms with Crippen LogP contribution in [0.1, 0.15) is 96.8 Å². The molecule has 0 N–H and O–H groups in total. The van der Waals surface area contributed by atoms with Gasteiger partial charge in [-0.25, -0.2) is 5.32 Å². The molecular weight excluding hydrogens is 310 g/mol. The minimum Gasteiger partial charge on any atom is -0.445 e. The highest BCUT2D eigenvalue weighted by atomic mass is 16.6. The van der Waals surface area contributed by atoms with E-state index in [9.17, 15) is 4.79 Å². The molecule has 1 saturated heterocycles. The van der Waals surface area contributed by atoms with Crippen molar-refractivity contribution in [2.75, 3.05) is 6.54 Å². The third-order valence-electron chi connectivity index (χ3n) is 4.54. The topological polar surface area (TPSA) is 40.4 Å². The van der Waals surface area contributed by atoms with Crippen molar-refractivity contribution in [2.24, 2.45) is 0 Å². The Morgan fingerprint density at radius 1 is 0.960 bits per heavy atom. The Kier molecular flexibility index (Phi) is 14.4. The molecular formula is C22H38NO2. The van der Waals surface area contributed by atoms with Crippen molar-refractivity contribution < 1.29 is 9.53 Å². The summed E-state index contributed by atoms with van der Waals surface area (Å²) in [5.74, 6) is -0.0682. The highest BCUT2D eigenvalue weighted by molar-refractivity contribution is 5.69. The van der Waals surface area contributed by atoms with Crippen LogP contribution in [0.25, 0.3) is 0 Å². The number of carbonyl (C=O) groups is 1. The van der Waals surface area contributed by atoms with Gasteiger partial charge in [0.2, 0.25) is 0 Å². The Bertz CT molecular complexity index is 370. The predicted octanol–water partition coefficient (Wildman–Crippen LogP) is 6.07. The quantitative estimate of drug-likeness (QED) is 0.205. The number of hydrogen-bond donors (Lipinski definition) is 0. The average Bonchev–Trinajstić information content (AvgIpc) is 3.11. The predicted molar refractivity (Wildman–Crippen MR) is 105 cm³/mol. The van der Waals surface area contributed by atoms with E-state index in [1.807, 2.05) is 0 Å². The van der Waals surface area contributed by atoms with Crippen molar-refractivity contribution in [3.05, 3.63) is 24.3 Å². The third kappa shape index (κ3) is 13.8. The molecule has 25 heavy (non-hydrogen) atoms. The smallest absolute Gasteiger partial charge is 0.307 e. The molecule has 0 spiro atoms. The highest BCUT2D eigenvalue weighted by Crippen LogP contribution is 2.12. The number of unbranched alkanes of at least 4 members (excludes halogenated alkanes) is 8. The van der Waals surface area contributed by atoms with Crippen LogP contribution in [0.15, 0.2) is 24.3 Å². The summed E-state index contributed by atoms with van der Waals surface area (Å²) in [6.45, 7) is 3.09. The fraction of sp³-hybridized carbons (Fsp3) is 0.773. The molecule has 0 bridgehead atoms. The largest absolute Gasteiger partial charge is 0.445 e. The first-order chi connectivity index (χ1) is 12.3. The lowest BCUT2D eigenvalue weighted by Crippen LogP contribution is -2.22. The van der Waals surface area contributed by atoms with Gasteiger partial charge in [0.15, 0.2) is 6.23 Å². The highest BCUT2D eigenvalue weighted by Gasteiger charge is 2.19. The summed E-state index contributed by atoms with van der Waals surface area (Å²) >= 11 is 0. The summed E-state index contributed by atoms with van der Waals surface area (Å²) in [6.07, 6.45) is 24.8. The van der Waals surface area contributed by atoms with Crippen LogP contribution in [0.2, 0.25) is 0 Å². The van der Waals surface area contributed by atoms with Crippen LogP contribution in [-0.4, -0.2) is 18.7 Å². The minimum absolute atomic E-state index is 0.0682. The third-order valence-corrected chi connectivity index (χ3v) is 4.54. The molecule has 0 amide bonds. The normalized spacial score (nSPS) is 17.7. The summed E-state index contributed by atoms with van der Waals surface area (Å²) in [5.41, 5.74) is 0. The fourth-order valence-electron chi connectivity index (χ4n) is 2.98. The number of esters is 1. The number of hydrogen-bond acceptors (Lipinski definition) is 2.